The van der Waals surface area contributed by atoms with Crippen LogP contribution >= 0.6 is 0 Å². The zero-order valence-corrected chi connectivity index (χ0v) is 10.6. The summed E-state index contributed by atoms with van der Waals surface area (Å²) >= 11 is 0. The molecule has 0 aromatic heterocycles. The van der Waals surface area contributed by atoms with Gasteiger partial charge in [0.2, 0.25) is 5.91 Å². The fourth-order valence-electron chi connectivity index (χ4n) is 2.44. The molecule has 0 aliphatic carbocycles. The van der Waals surface area contributed by atoms with Crippen LogP contribution in [0, 0.1) is 5.92 Å². The van der Waals surface area contributed by atoms with Crippen molar-refractivity contribution in [3.8, 4) is 0 Å². The normalized spacial score (nSPS) is 26.3. The number of hydrogen-bond acceptors (Lipinski definition) is 4. The van der Waals surface area contributed by atoms with Crippen molar-refractivity contribution < 1.29 is 4.79 Å². The Hall–Kier alpha value is -0.650. The summed E-state index contributed by atoms with van der Waals surface area (Å²) in [5, 5.41) is 0. The van der Waals surface area contributed by atoms with E-state index in [1.807, 2.05) is 0 Å². The molecule has 94 valence electrons. The average Bonchev–Trinajstić information content (AvgIpc) is 2.59. The zero-order chi connectivity index (χ0) is 12.1. The first-order valence-corrected chi connectivity index (χ1v) is 5.92. The lowest BCUT2D eigenvalue weighted by Gasteiger charge is -2.22. The minimum Gasteiger partial charge on any atom is -0.305 e. The fraction of sp³-hybridized carbons (Fsp3) is 0.909. The lowest BCUT2D eigenvalue weighted by Crippen LogP contribution is -2.34. The third-order valence-corrected chi connectivity index (χ3v) is 3.35. The molecule has 1 heterocycles. The number of carbonyl (C=O) groups is 1. The van der Waals surface area contributed by atoms with Crippen LogP contribution in [0.25, 0.3) is 0 Å². The van der Waals surface area contributed by atoms with Gasteiger partial charge in [-0.15, -0.1) is 0 Å². The number of nitrogens with two attached hydrogens (primary N) is 1. The van der Waals surface area contributed by atoms with Crippen LogP contribution in [0.15, 0.2) is 0 Å². The topological polar surface area (TPSA) is 61.6 Å². The molecule has 0 radical (unpaired) electrons. The number of amides is 1. The second-order valence-electron chi connectivity index (χ2n) is 4.94. The summed E-state index contributed by atoms with van der Waals surface area (Å²) < 4.78 is 0. The molecule has 1 saturated heterocycles. The predicted molar refractivity (Wildman–Crippen MR) is 64.6 cm³/mol. The van der Waals surface area contributed by atoms with Gasteiger partial charge in [0.25, 0.3) is 0 Å². The van der Waals surface area contributed by atoms with E-state index in [4.69, 9.17) is 5.84 Å². The number of nitrogens with zero attached hydrogens (tertiary/aromatic N) is 2. The summed E-state index contributed by atoms with van der Waals surface area (Å²) in [4.78, 5) is 15.7. The van der Waals surface area contributed by atoms with Gasteiger partial charge >= 0.3 is 0 Å². The highest BCUT2D eigenvalue weighted by molar-refractivity contribution is 5.75. The molecule has 0 spiro atoms. The second kappa shape index (κ2) is 6.18. The molecule has 0 aromatic carbocycles. The first kappa shape index (κ1) is 13.4. The van der Waals surface area contributed by atoms with E-state index < -0.39 is 0 Å². The van der Waals surface area contributed by atoms with Gasteiger partial charge in [-0.1, -0.05) is 6.92 Å². The molecule has 1 fully saturated rings. The third kappa shape index (κ3) is 3.73. The smallest absolute Gasteiger partial charge is 0.233 e. The number of likely N-dealkylation sites (N-methyl/N-ethyl adjacent to an activating group) is 1. The molecule has 1 aliphatic heterocycles. The van der Waals surface area contributed by atoms with Gasteiger partial charge in [-0.05, 0) is 33.0 Å². The van der Waals surface area contributed by atoms with E-state index in [2.05, 4.69) is 36.2 Å². The number of hydrogen-bond donors (Lipinski definition) is 2. The van der Waals surface area contributed by atoms with Gasteiger partial charge in [0.15, 0.2) is 0 Å². The van der Waals surface area contributed by atoms with Crippen LogP contribution in [0.4, 0.5) is 0 Å². The van der Waals surface area contributed by atoms with Crippen LogP contribution < -0.4 is 11.3 Å². The quantitative estimate of drug-likeness (QED) is 0.383. The number of likely N-dealkylation sites (tertiary alicyclic amines) is 1. The molecule has 16 heavy (non-hydrogen) atoms. The molecule has 0 aromatic rings. The number of hydrazine groups is 1. The molecule has 0 saturated carbocycles. The molecule has 5 nitrogen and oxygen atoms in total. The number of nitrogens with one attached hydrogen (secondary N) is 1. The number of rotatable bonds is 5. The van der Waals surface area contributed by atoms with Crippen LogP contribution in [-0.2, 0) is 4.79 Å². The predicted octanol–water partition coefficient (Wildman–Crippen LogP) is -0.362. The van der Waals surface area contributed by atoms with Crippen LogP contribution in [0.5, 0.6) is 0 Å². The monoisotopic (exact) mass is 228 g/mol. The summed E-state index contributed by atoms with van der Waals surface area (Å²) in [5.41, 5.74) is 2.16. The van der Waals surface area contributed by atoms with Crippen LogP contribution in [0.3, 0.4) is 0 Å². The van der Waals surface area contributed by atoms with E-state index >= 15 is 0 Å². The SMILES string of the molecule is CC1CN(CCCC(=O)NN)CC1N(C)C. The van der Waals surface area contributed by atoms with Gasteiger partial charge in [-0.3, -0.25) is 10.2 Å². The third-order valence-electron chi connectivity index (χ3n) is 3.35. The van der Waals surface area contributed by atoms with Gasteiger partial charge in [0.1, 0.15) is 0 Å². The Morgan fingerprint density at radius 3 is 2.69 bits per heavy atom. The maximum atomic E-state index is 11.0. The van der Waals surface area contributed by atoms with Gasteiger partial charge in [0.05, 0.1) is 0 Å². The van der Waals surface area contributed by atoms with Crippen molar-refractivity contribution in [3.05, 3.63) is 0 Å². The Balaban J connectivity index is 2.23. The summed E-state index contributed by atoms with van der Waals surface area (Å²) in [6.45, 7) is 5.52. The maximum absolute atomic E-state index is 11.0. The Bertz CT molecular complexity index is 232. The zero-order valence-electron chi connectivity index (χ0n) is 10.6. The van der Waals surface area contributed by atoms with Gasteiger partial charge in [0, 0.05) is 25.6 Å². The summed E-state index contributed by atoms with van der Waals surface area (Å²) in [6, 6.07) is 0.642. The first-order valence-electron chi connectivity index (χ1n) is 5.92. The van der Waals surface area contributed by atoms with Crippen molar-refractivity contribution in [1.82, 2.24) is 15.2 Å². The van der Waals surface area contributed by atoms with Crippen LogP contribution in [0.1, 0.15) is 19.8 Å². The lowest BCUT2D eigenvalue weighted by atomic mass is 10.1. The van der Waals surface area contributed by atoms with E-state index in [9.17, 15) is 4.79 Å². The highest BCUT2D eigenvalue weighted by Crippen LogP contribution is 2.19. The average molecular weight is 228 g/mol. The Kier molecular flexibility index (Phi) is 5.18. The number of carbonyl (C=O) groups excluding carboxylic acids is 1. The van der Waals surface area contributed by atoms with E-state index in [1.54, 1.807) is 0 Å². The molecule has 0 bridgehead atoms. The molecule has 1 aliphatic rings. The Labute approximate surface area is 97.9 Å². The van der Waals surface area contributed by atoms with E-state index in [0.717, 1.165) is 26.1 Å². The highest BCUT2D eigenvalue weighted by atomic mass is 16.2. The lowest BCUT2D eigenvalue weighted by molar-refractivity contribution is -0.121. The summed E-state index contributed by atoms with van der Waals surface area (Å²) in [7, 11) is 4.26. The molecule has 3 N–H and O–H groups in total. The first-order chi connectivity index (χ1) is 7.54. The van der Waals surface area contributed by atoms with Crippen molar-refractivity contribution >= 4 is 5.91 Å². The molecule has 5 heteroatoms. The van der Waals surface area contributed by atoms with E-state index in [0.29, 0.717) is 18.4 Å². The van der Waals surface area contributed by atoms with Crippen LogP contribution in [-0.4, -0.2) is 55.5 Å². The molecule has 1 rings (SSSR count). The highest BCUT2D eigenvalue weighted by Gasteiger charge is 2.30. The van der Waals surface area contributed by atoms with Gasteiger partial charge < -0.3 is 9.80 Å². The van der Waals surface area contributed by atoms with E-state index in [1.165, 1.54) is 0 Å². The minimum absolute atomic E-state index is 0.0728. The standard InChI is InChI=1S/C11H24N4O/c1-9-7-15(8-10(9)14(2)3)6-4-5-11(16)13-12/h9-10H,4-8,12H2,1-3H3,(H,13,16). The molecule has 2 unspecified atom stereocenters. The fourth-order valence-corrected chi connectivity index (χ4v) is 2.44. The minimum atomic E-state index is -0.0728. The van der Waals surface area contributed by atoms with Crippen molar-refractivity contribution in [1.29, 1.82) is 0 Å². The van der Waals surface area contributed by atoms with E-state index in [-0.39, 0.29) is 5.91 Å². The second-order valence-corrected chi connectivity index (χ2v) is 4.94. The van der Waals surface area contributed by atoms with Crippen molar-refractivity contribution in [2.75, 3.05) is 33.7 Å². The van der Waals surface area contributed by atoms with Gasteiger partial charge in [-0.25, -0.2) is 5.84 Å². The van der Waals surface area contributed by atoms with Crippen LogP contribution in [0.2, 0.25) is 0 Å². The molecular weight excluding hydrogens is 204 g/mol. The van der Waals surface area contributed by atoms with Crippen molar-refractivity contribution in [2.24, 2.45) is 11.8 Å². The van der Waals surface area contributed by atoms with Crippen molar-refractivity contribution in [3.63, 3.8) is 0 Å². The Morgan fingerprint density at radius 1 is 1.50 bits per heavy atom. The largest absolute Gasteiger partial charge is 0.305 e. The summed E-state index contributed by atoms with van der Waals surface area (Å²) in [5.74, 6) is 5.66. The Morgan fingerprint density at radius 2 is 2.19 bits per heavy atom. The van der Waals surface area contributed by atoms with Crippen molar-refractivity contribution in [2.45, 2.75) is 25.8 Å². The molecular formula is C11H24N4O. The van der Waals surface area contributed by atoms with Gasteiger partial charge in [-0.2, -0.15) is 0 Å². The summed E-state index contributed by atoms with van der Waals surface area (Å²) in [6.07, 6.45) is 1.41. The maximum Gasteiger partial charge on any atom is 0.233 e. The molecule has 1 amide bonds. The molecule has 2 atom stereocenters.